The second-order valence-corrected chi connectivity index (χ2v) is 6.31. The van der Waals surface area contributed by atoms with Crippen molar-refractivity contribution in [3.05, 3.63) is 29.8 Å². The molecule has 1 spiro atoms. The monoisotopic (exact) mass is 279 g/mol. The molecular weight excluding hydrogens is 258 g/mol. The average Bonchev–Trinajstić information content (AvgIpc) is 3.12. The molecule has 19 heavy (non-hydrogen) atoms. The highest BCUT2D eigenvalue weighted by molar-refractivity contribution is 5.85. The number of likely N-dealkylation sites (tertiary alicyclic amines) is 1. The number of halogens is 1. The summed E-state index contributed by atoms with van der Waals surface area (Å²) in [4.78, 5) is 2.65. The first-order chi connectivity index (χ1) is 8.83. The zero-order chi connectivity index (χ0) is 12.0. The molecule has 2 nitrogen and oxygen atoms in total. The van der Waals surface area contributed by atoms with Crippen molar-refractivity contribution in [2.45, 2.75) is 37.7 Å². The van der Waals surface area contributed by atoms with E-state index in [0.717, 1.165) is 18.1 Å². The number of piperidine rings is 1. The Kier molecular flexibility index (Phi) is 3.48. The Bertz CT molecular complexity index is 423. The standard InChI is InChI=1S/C16H21NO.ClH/c1-2-4-15-14(3-1)11-16(18-15)7-9-17(10-8-16)12-13-5-6-13;/h1-4,13H,5-12H2;1H. The largest absolute Gasteiger partial charge is 0.487 e. The van der Waals surface area contributed by atoms with Gasteiger partial charge in [-0.2, -0.15) is 0 Å². The summed E-state index contributed by atoms with van der Waals surface area (Å²) in [5.74, 6) is 2.15. The van der Waals surface area contributed by atoms with Gasteiger partial charge in [0.05, 0.1) is 0 Å². The van der Waals surface area contributed by atoms with Crippen LogP contribution in [0, 0.1) is 5.92 Å². The van der Waals surface area contributed by atoms with Crippen molar-refractivity contribution >= 4 is 12.4 Å². The number of rotatable bonds is 2. The maximum Gasteiger partial charge on any atom is 0.123 e. The highest BCUT2D eigenvalue weighted by Gasteiger charge is 2.42. The van der Waals surface area contributed by atoms with E-state index in [4.69, 9.17) is 4.74 Å². The van der Waals surface area contributed by atoms with Crippen LogP contribution in [0.3, 0.4) is 0 Å². The van der Waals surface area contributed by atoms with E-state index in [-0.39, 0.29) is 18.0 Å². The minimum absolute atomic E-state index is 0. The van der Waals surface area contributed by atoms with Crippen LogP contribution in [0.25, 0.3) is 0 Å². The number of nitrogens with zero attached hydrogens (tertiary/aromatic N) is 1. The van der Waals surface area contributed by atoms with Crippen LogP contribution >= 0.6 is 12.4 Å². The Labute approximate surface area is 121 Å². The number of hydrogen-bond acceptors (Lipinski definition) is 2. The van der Waals surface area contributed by atoms with Crippen molar-refractivity contribution < 1.29 is 4.74 Å². The molecule has 1 aromatic rings. The highest BCUT2D eigenvalue weighted by atomic mass is 35.5. The summed E-state index contributed by atoms with van der Waals surface area (Å²) in [6.45, 7) is 3.79. The molecule has 0 bridgehead atoms. The average molecular weight is 280 g/mol. The summed E-state index contributed by atoms with van der Waals surface area (Å²) in [5.41, 5.74) is 1.54. The van der Waals surface area contributed by atoms with Gasteiger partial charge in [0.2, 0.25) is 0 Å². The molecule has 0 amide bonds. The van der Waals surface area contributed by atoms with Crippen molar-refractivity contribution in [2.75, 3.05) is 19.6 Å². The summed E-state index contributed by atoms with van der Waals surface area (Å²) < 4.78 is 6.28. The first-order valence-corrected chi connectivity index (χ1v) is 7.32. The molecule has 1 saturated carbocycles. The number of benzene rings is 1. The van der Waals surface area contributed by atoms with Crippen LogP contribution in [0.15, 0.2) is 24.3 Å². The Balaban J connectivity index is 0.00000110. The van der Waals surface area contributed by atoms with Crippen LogP contribution in [0.4, 0.5) is 0 Å². The van der Waals surface area contributed by atoms with Crippen LogP contribution < -0.4 is 4.74 Å². The van der Waals surface area contributed by atoms with Crippen molar-refractivity contribution in [3.63, 3.8) is 0 Å². The second kappa shape index (κ2) is 4.99. The molecule has 0 N–H and O–H groups in total. The normalized spacial score (nSPS) is 24.6. The van der Waals surface area contributed by atoms with Gasteiger partial charge in [-0.25, -0.2) is 0 Å². The topological polar surface area (TPSA) is 12.5 Å². The predicted octanol–water partition coefficient (Wildman–Crippen LogP) is 3.29. The molecule has 2 fully saturated rings. The fraction of sp³-hybridized carbons (Fsp3) is 0.625. The van der Waals surface area contributed by atoms with Crippen LogP contribution in [0.1, 0.15) is 31.2 Å². The number of fused-ring (bicyclic) bond motifs is 1. The van der Waals surface area contributed by atoms with E-state index in [1.54, 1.807) is 0 Å². The third kappa shape index (κ3) is 2.61. The van der Waals surface area contributed by atoms with Gasteiger partial charge >= 0.3 is 0 Å². The Hall–Kier alpha value is -0.730. The van der Waals surface area contributed by atoms with Crippen molar-refractivity contribution in [1.29, 1.82) is 0 Å². The zero-order valence-electron chi connectivity index (χ0n) is 11.3. The third-order valence-electron chi connectivity index (χ3n) is 4.79. The van der Waals surface area contributed by atoms with Gasteiger partial charge in [0.15, 0.2) is 0 Å². The van der Waals surface area contributed by atoms with Crippen molar-refractivity contribution in [3.8, 4) is 5.75 Å². The number of para-hydroxylation sites is 1. The molecule has 1 aliphatic carbocycles. The molecule has 0 radical (unpaired) electrons. The van der Waals surface area contributed by atoms with Crippen LogP contribution in [-0.4, -0.2) is 30.1 Å². The Morgan fingerprint density at radius 2 is 1.89 bits per heavy atom. The summed E-state index contributed by atoms with van der Waals surface area (Å²) in [6, 6.07) is 8.56. The molecule has 3 aliphatic rings. The number of hydrogen-bond donors (Lipinski definition) is 0. The molecule has 0 atom stereocenters. The molecular formula is C16H22ClNO. The SMILES string of the molecule is Cl.c1ccc2c(c1)CC1(CCN(CC3CC3)CC1)O2. The van der Waals surface area contributed by atoms with E-state index in [1.807, 2.05) is 0 Å². The van der Waals surface area contributed by atoms with Crippen LogP contribution in [0.5, 0.6) is 5.75 Å². The van der Waals surface area contributed by atoms with E-state index in [2.05, 4.69) is 29.2 Å². The summed E-state index contributed by atoms with van der Waals surface area (Å²) in [6.07, 6.45) is 6.45. The number of ether oxygens (including phenoxy) is 1. The van der Waals surface area contributed by atoms with E-state index in [9.17, 15) is 0 Å². The lowest BCUT2D eigenvalue weighted by atomic mass is 9.87. The van der Waals surface area contributed by atoms with Gasteiger partial charge in [0.1, 0.15) is 11.4 Å². The molecule has 2 aliphatic heterocycles. The van der Waals surface area contributed by atoms with Gasteiger partial charge in [-0.1, -0.05) is 18.2 Å². The summed E-state index contributed by atoms with van der Waals surface area (Å²) >= 11 is 0. The molecule has 104 valence electrons. The van der Waals surface area contributed by atoms with Gasteiger partial charge in [-0.05, 0) is 30.4 Å². The third-order valence-corrected chi connectivity index (χ3v) is 4.79. The maximum atomic E-state index is 6.28. The van der Waals surface area contributed by atoms with E-state index >= 15 is 0 Å². The summed E-state index contributed by atoms with van der Waals surface area (Å²) in [5, 5.41) is 0. The summed E-state index contributed by atoms with van der Waals surface area (Å²) in [7, 11) is 0. The Morgan fingerprint density at radius 1 is 1.16 bits per heavy atom. The molecule has 1 aromatic carbocycles. The van der Waals surface area contributed by atoms with E-state index in [1.165, 1.54) is 50.9 Å². The van der Waals surface area contributed by atoms with Gasteiger partial charge < -0.3 is 9.64 Å². The zero-order valence-corrected chi connectivity index (χ0v) is 12.1. The van der Waals surface area contributed by atoms with Gasteiger partial charge in [0.25, 0.3) is 0 Å². The minimum atomic E-state index is 0. The minimum Gasteiger partial charge on any atom is -0.487 e. The van der Waals surface area contributed by atoms with E-state index < -0.39 is 0 Å². The van der Waals surface area contributed by atoms with Crippen LogP contribution in [0.2, 0.25) is 0 Å². The van der Waals surface area contributed by atoms with Crippen molar-refractivity contribution in [1.82, 2.24) is 4.90 Å². The van der Waals surface area contributed by atoms with Crippen molar-refractivity contribution in [2.24, 2.45) is 5.92 Å². The lowest BCUT2D eigenvalue weighted by molar-refractivity contribution is 0.0182. The van der Waals surface area contributed by atoms with Gasteiger partial charge in [-0.15, -0.1) is 12.4 Å². The lowest BCUT2D eigenvalue weighted by Gasteiger charge is -2.38. The fourth-order valence-electron chi connectivity index (χ4n) is 3.45. The van der Waals surface area contributed by atoms with Gasteiger partial charge in [0, 0.05) is 38.9 Å². The second-order valence-electron chi connectivity index (χ2n) is 6.31. The molecule has 0 unspecified atom stereocenters. The highest BCUT2D eigenvalue weighted by Crippen LogP contribution is 2.41. The fourth-order valence-corrected chi connectivity index (χ4v) is 3.45. The smallest absolute Gasteiger partial charge is 0.123 e. The molecule has 3 heteroatoms. The molecule has 4 rings (SSSR count). The first-order valence-electron chi connectivity index (χ1n) is 7.32. The molecule has 2 heterocycles. The maximum absolute atomic E-state index is 6.28. The quantitative estimate of drug-likeness (QED) is 0.824. The predicted molar refractivity (Wildman–Crippen MR) is 79.2 cm³/mol. The van der Waals surface area contributed by atoms with Gasteiger partial charge in [-0.3, -0.25) is 0 Å². The Morgan fingerprint density at radius 3 is 2.58 bits per heavy atom. The molecule has 0 aromatic heterocycles. The lowest BCUT2D eigenvalue weighted by Crippen LogP contribution is -2.47. The molecule has 1 saturated heterocycles. The van der Waals surface area contributed by atoms with Crippen LogP contribution in [-0.2, 0) is 6.42 Å². The van der Waals surface area contributed by atoms with E-state index in [0.29, 0.717) is 0 Å². The first kappa shape index (κ1) is 13.3.